The highest BCUT2D eigenvalue weighted by Crippen LogP contribution is 2.53. The summed E-state index contributed by atoms with van der Waals surface area (Å²) < 4.78 is 11.8. The predicted molar refractivity (Wildman–Crippen MR) is 160 cm³/mol. The number of amides is 1. The minimum absolute atomic E-state index is 0.0902. The van der Waals surface area contributed by atoms with E-state index >= 15 is 0 Å². The van der Waals surface area contributed by atoms with E-state index in [2.05, 4.69) is 52.8 Å². The van der Waals surface area contributed by atoms with Gasteiger partial charge in [0.25, 0.3) is 5.91 Å². The van der Waals surface area contributed by atoms with Crippen LogP contribution in [0.3, 0.4) is 0 Å². The Morgan fingerprint density at radius 2 is 1.90 bits per heavy atom. The molecule has 1 saturated heterocycles. The first-order chi connectivity index (χ1) is 19.9. The Balaban J connectivity index is 1.29. The van der Waals surface area contributed by atoms with Crippen LogP contribution in [0.1, 0.15) is 77.7 Å². The fraction of sp³-hybridized carbons (Fsp3) is 0.486. The summed E-state index contributed by atoms with van der Waals surface area (Å²) in [5.41, 5.74) is 5.26. The predicted octanol–water partition coefficient (Wildman–Crippen LogP) is 6.19. The molecule has 0 unspecified atom stereocenters. The van der Waals surface area contributed by atoms with Crippen molar-refractivity contribution in [1.29, 1.82) is 0 Å². The summed E-state index contributed by atoms with van der Waals surface area (Å²) in [4.78, 5) is 17.6. The molecule has 3 aromatic rings. The van der Waals surface area contributed by atoms with Gasteiger partial charge in [0.15, 0.2) is 0 Å². The van der Waals surface area contributed by atoms with Crippen LogP contribution in [0.5, 0.6) is 0 Å². The van der Waals surface area contributed by atoms with Crippen LogP contribution in [0.4, 0.5) is 5.69 Å². The molecule has 1 amide bonds. The molecule has 216 valence electrons. The number of carbonyl (C=O) groups excluding carboxylic acids is 1. The summed E-state index contributed by atoms with van der Waals surface area (Å²) in [6.45, 7) is 3.78. The molecular formula is C35H42N2O4. The van der Waals surface area contributed by atoms with Crippen molar-refractivity contribution in [2.45, 2.75) is 81.8 Å². The molecule has 1 saturated carbocycles. The quantitative estimate of drug-likeness (QED) is 0.364. The van der Waals surface area contributed by atoms with Crippen LogP contribution in [-0.2, 0) is 27.7 Å². The van der Waals surface area contributed by atoms with Crippen molar-refractivity contribution < 1.29 is 19.4 Å². The van der Waals surface area contributed by atoms with E-state index in [-0.39, 0.29) is 17.4 Å². The third-order valence-electron chi connectivity index (χ3n) is 9.72. The topological polar surface area (TPSA) is 80.7 Å². The Bertz CT molecular complexity index is 1360. The van der Waals surface area contributed by atoms with Gasteiger partial charge in [-0.3, -0.25) is 9.78 Å². The molecule has 2 fully saturated rings. The summed E-state index contributed by atoms with van der Waals surface area (Å²) in [6, 6.07) is 20.8. The number of aromatic nitrogens is 1. The van der Waals surface area contributed by atoms with Crippen molar-refractivity contribution in [3.63, 3.8) is 0 Å². The fourth-order valence-electron chi connectivity index (χ4n) is 7.46. The Kier molecular flexibility index (Phi) is 8.25. The Hall–Kier alpha value is -3.06. The maximum Gasteiger partial charge on any atom is 0.255 e. The lowest BCUT2D eigenvalue weighted by Gasteiger charge is -2.50. The molecule has 1 aliphatic heterocycles. The van der Waals surface area contributed by atoms with Gasteiger partial charge in [-0.25, -0.2) is 0 Å². The van der Waals surface area contributed by atoms with Gasteiger partial charge in [0.05, 0.1) is 29.7 Å². The van der Waals surface area contributed by atoms with Gasteiger partial charge in [-0.1, -0.05) is 36.4 Å². The third-order valence-corrected chi connectivity index (χ3v) is 9.72. The highest BCUT2D eigenvalue weighted by atomic mass is 16.5. The van der Waals surface area contributed by atoms with E-state index in [0.29, 0.717) is 24.5 Å². The molecule has 6 rings (SSSR count). The van der Waals surface area contributed by atoms with Gasteiger partial charge in [-0.05, 0) is 112 Å². The molecule has 3 atom stereocenters. The van der Waals surface area contributed by atoms with Crippen molar-refractivity contribution in [2.24, 2.45) is 5.92 Å². The van der Waals surface area contributed by atoms with E-state index in [1.165, 1.54) is 16.7 Å². The zero-order chi connectivity index (χ0) is 28.3. The first kappa shape index (κ1) is 28.1. The second-order valence-electron chi connectivity index (χ2n) is 12.4. The zero-order valence-electron chi connectivity index (χ0n) is 24.1. The zero-order valence-corrected chi connectivity index (χ0v) is 24.1. The maximum absolute atomic E-state index is 13.3. The highest BCUT2D eigenvalue weighted by molar-refractivity contribution is 6.04. The van der Waals surface area contributed by atoms with Crippen molar-refractivity contribution in [3.05, 3.63) is 94.8 Å². The summed E-state index contributed by atoms with van der Waals surface area (Å²) in [7, 11) is 0. The van der Waals surface area contributed by atoms with Gasteiger partial charge in [0, 0.05) is 30.4 Å². The minimum Gasteiger partial charge on any atom is -0.387 e. The number of benzene rings is 2. The normalized spacial score (nSPS) is 26.4. The SMILES string of the molecule is Cc1ncccc1NC(=O)c1ccc2c(c1)CCC[C@H]1C[C@@](O)(COC3CCOCC3)CC[C@@]21Cc1ccccc1. The molecule has 0 bridgehead atoms. The lowest BCUT2D eigenvalue weighted by Crippen LogP contribution is -2.51. The lowest BCUT2D eigenvalue weighted by atomic mass is 9.56. The number of aliphatic hydroxyl groups is 1. The Morgan fingerprint density at radius 3 is 2.71 bits per heavy atom. The number of fused-ring (bicyclic) bond motifs is 3. The molecule has 2 heterocycles. The minimum atomic E-state index is -0.810. The molecule has 2 N–H and O–H groups in total. The second kappa shape index (κ2) is 12.0. The molecular weight excluding hydrogens is 512 g/mol. The monoisotopic (exact) mass is 554 g/mol. The summed E-state index contributed by atoms with van der Waals surface area (Å²) in [5.74, 6) is 0.226. The van der Waals surface area contributed by atoms with Crippen molar-refractivity contribution in [1.82, 2.24) is 4.98 Å². The number of nitrogens with zero attached hydrogens (tertiary/aromatic N) is 1. The van der Waals surface area contributed by atoms with Crippen LogP contribution < -0.4 is 5.32 Å². The molecule has 6 nitrogen and oxygen atoms in total. The number of rotatable bonds is 7. The Morgan fingerprint density at radius 1 is 1.07 bits per heavy atom. The molecule has 2 aromatic carbocycles. The van der Waals surface area contributed by atoms with Gasteiger partial charge in [-0.2, -0.15) is 0 Å². The largest absolute Gasteiger partial charge is 0.387 e. The first-order valence-corrected chi connectivity index (χ1v) is 15.3. The van der Waals surface area contributed by atoms with Crippen molar-refractivity contribution in [3.8, 4) is 0 Å². The van der Waals surface area contributed by atoms with E-state index < -0.39 is 5.60 Å². The average molecular weight is 555 g/mol. The van der Waals surface area contributed by atoms with Crippen LogP contribution in [0.2, 0.25) is 0 Å². The lowest BCUT2D eigenvalue weighted by molar-refractivity contribution is -0.129. The highest BCUT2D eigenvalue weighted by Gasteiger charge is 2.51. The van der Waals surface area contributed by atoms with Gasteiger partial charge in [0.1, 0.15) is 0 Å². The summed E-state index contributed by atoms with van der Waals surface area (Å²) in [6.07, 6.45) is 10.0. The Labute approximate surface area is 243 Å². The van der Waals surface area contributed by atoms with Crippen molar-refractivity contribution in [2.75, 3.05) is 25.1 Å². The third kappa shape index (κ3) is 6.11. The van der Waals surface area contributed by atoms with E-state index in [4.69, 9.17) is 9.47 Å². The first-order valence-electron chi connectivity index (χ1n) is 15.3. The molecule has 1 aromatic heterocycles. The van der Waals surface area contributed by atoms with Gasteiger partial charge >= 0.3 is 0 Å². The standard InChI is InChI=1S/C35H42N2O4/c1-25-32(11-6-18-36-25)37-33(38)28-12-13-31-27(21-28)9-5-10-29-23-34(39,24-41-30-14-19-40-20-15-30)16-17-35(29,31)22-26-7-3-2-4-8-26/h2-4,6-8,11-13,18,21,29-30,39H,5,9-10,14-17,19-20,22-24H2,1H3,(H,37,38)/t29-,34+,35-/m0/s1. The number of anilines is 1. The molecule has 0 radical (unpaired) electrons. The number of pyridine rings is 1. The summed E-state index contributed by atoms with van der Waals surface area (Å²) in [5, 5.41) is 14.9. The van der Waals surface area contributed by atoms with E-state index in [1.807, 2.05) is 25.1 Å². The average Bonchev–Trinajstić information content (AvgIpc) is 3.14. The number of nitrogens with one attached hydrogen (secondary N) is 1. The molecule has 41 heavy (non-hydrogen) atoms. The van der Waals surface area contributed by atoms with E-state index in [9.17, 15) is 9.90 Å². The van der Waals surface area contributed by atoms with E-state index in [1.54, 1.807) is 6.20 Å². The summed E-state index contributed by atoms with van der Waals surface area (Å²) >= 11 is 0. The number of hydrogen-bond acceptors (Lipinski definition) is 5. The van der Waals surface area contributed by atoms with Crippen LogP contribution in [-0.4, -0.2) is 47.5 Å². The van der Waals surface area contributed by atoms with Crippen LogP contribution >= 0.6 is 0 Å². The molecule has 3 aliphatic rings. The fourth-order valence-corrected chi connectivity index (χ4v) is 7.46. The van der Waals surface area contributed by atoms with Gasteiger partial charge < -0.3 is 19.9 Å². The van der Waals surface area contributed by atoms with E-state index in [0.717, 1.165) is 76.0 Å². The molecule has 6 heteroatoms. The van der Waals surface area contributed by atoms with Crippen LogP contribution in [0.25, 0.3) is 0 Å². The van der Waals surface area contributed by atoms with Crippen molar-refractivity contribution >= 4 is 11.6 Å². The number of ether oxygens (including phenoxy) is 2. The van der Waals surface area contributed by atoms with Crippen LogP contribution in [0.15, 0.2) is 66.9 Å². The van der Waals surface area contributed by atoms with Crippen LogP contribution in [0, 0.1) is 12.8 Å². The maximum atomic E-state index is 13.3. The second-order valence-corrected chi connectivity index (χ2v) is 12.4. The van der Waals surface area contributed by atoms with Gasteiger partial charge in [-0.15, -0.1) is 0 Å². The molecule has 0 spiro atoms. The number of carbonyl (C=O) groups is 1. The van der Waals surface area contributed by atoms with Gasteiger partial charge in [0.2, 0.25) is 0 Å². The molecule has 2 aliphatic carbocycles. The number of aryl methyl sites for hydroxylation is 2. The number of hydrogen-bond donors (Lipinski definition) is 2. The smallest absolute Gasteiger partial charge is 0.255 e.